The Morgan fingerprint density at radius 2 is 2.00 bits per heavy atom. The Bertz CT molecular complexity index is 685. The molecule has 118 valence electrons. The van der Waals surface area contributed by atoms with Gasteiger partial charge >= 0.3 is 5.97 Å². The van der Waals surface area contributed by atoms with E-state index in [1.807, 2.05) is 19.0 Å². The molecule has 0 saturated carbocycles. The van der Waals surface area contributed by atoms with E-state index in [0.717, 1.165) is 0 Å². The van der Waals surface area contributed by atoms with E-state index in [4.69, 9.17) is 10.5 Å². The van der Waals surface area contributed by atoms with Gasteiger partial charge in [-0.25, -0.2) is 4.79 Å². The minimum Gasteiger partial charge on any atom is -0.504 e. The predicted molar refractivity (Wildman–Crippen MR) is 83.8 cm³/mol. The van der Waals surface area contributed by atoms with E-state index in [9.17, 15) is 15.0 Å². The average molecular weight is 304 g/mol. The number of nitrogens with two attached hydrogens (primary N) is 1. The number of benzene rings is 2. The summed E-state index contributed by atoms with van der Waals surface area (Å²) in [4.78, 5) is 14.2. The summed E-state index contributed by atoms with van der Waals surface area (Å²) in [5.41, 5.74) is 5.71. The van der Waals surface area contributed by atoms with Gasteiger partial charge in [-0.3, -0.25) is 5.73 Å². The van der Waals surface area contributed by atoms with Crippen LogP contribution in [0.2, 0.25) is 0 Å². The van der Waals surface area contributed by atoms with Crippen molar-refractivity contribution >= 4 is 16.7 Å². The fourth-order valence-electron chi connectivity index (χ4n) is 2.17. The summed E-state index contributed by atoms with van der Waals surface area (Å²) in [6, 6.07) is 8.32. The molecule has 2 aromatic carbocycles. The summed E-state index contributed by atoms with van der Waals surface area (Å²) in [6.45, 7) is 0.668. The van der Waals surface area contributed by atoms with Crippen LogP contribution in [0.25, 0.3) is 10.8 Å². The van der Waals surface area contributed by atoms with Crippen LogP contribution in [0.3, 0.4) is 0 Å². The van der Waals surface area contributed by atoms with Gasteiger partial charge in [-0.2, -0.15) is 0 Å². The number of hydrogen-bond acceptors (Lipinski definition) is 6. The normalized spacial score (nSPS) is 12.5. The monoisotopic (exact) mass is 304 g/mol. The summed E-state index contributed by atoms with van der Waals surface area (Å²) in [6.07, 6.45) is -0.314. The molecule has 1 atom stereocenters. The first kappa shape index (κ1) is 16.1. The molecule has 0 amide bonds. The lowest BCUT2D eigenvalue weighted by atomic mass is 10.0. The fraction of sp³-hybridized carbons (Fsp3) is 0.312. The van der Waals surface area contributed by atoms with Gasteiger partial charge in [-0.1, -0.05) is 24.3 Å². The molecule has 1 unspecified atom stereocenters. The van der Waals surface area contributed by atoms with Crippen LogP contribution >= 0.6 is 0 Å². The van der Waals surface area contributed by atoms with E-state index in [-0.39, 0.29) is 11.3 Å². The van der Waals surface area contributed by atoms with Gasteiger partial charge in [0.1, 0.15) is 5.56 Å². The summed E-state index contributed by atoms with van der Waals surface area (Å²) >= 11 is 0. The van der Waals surface area contributed by atoms with Gasteiger partial charge in [0.2, 0.25) is 0 Å². The quantitative estimate of drug-likeness (QED) is 0.441. The van der Waals surface area contributed by atoms with Gasteiger partial charge in [-0.05, 0) is 25.5 Å². The Hall–Kier alpha value is -2.31. The summed E-state index contributed by atoms with van der Waals surface area (Å²) in [5, 5.41) is 20.9. The maximum Gasteiger partial charge on any atom is 0.344 e. The van der Waals surface area contributed by atoms with Crippen LogP contribution < -0.4 is 5.73 Å². The Morgan fingerprint density at radius 3 is 2.68 bits per heavy atom. The lowest BCUT2D eigenvalue weighted by Gasteiger charge is -2.17. The van der Waals surface area contributed by atoms with Crippen molar-refractivity contribution in [2.75, 3.05) is 20.6 Å². The van der Waals surface area contributed by atoms with Crippen molar-refractivity contribution in [1.29, 1.82) is 0 Å². The smallest absolute Gasteiger partial charge is 0.344 e. The van der Waals surface area contributed by atoms with Crippen LogP contribution in [-0.2, 0) is 4.74 Å². The van der Waals surface area contributed by atoms with E-state index >= 15 is 0 Å². The molecule has 0 aliphatic heterocycles. The van der Waals surface area contributed by atoms with Crippen molar-refractivity contribution in [3.05, 3.63) is 35.9 Å². The van der Waals surface area contributed by atoms with Gasteiger partial charge in [0.25, 0.3) is 0 Å². The highest BCUT2D eigenvalue weighted by atomic mass is 16.6. The zero-order valence-corrected chi connectivity index (χ0v) is 12.6. The molecule has 6 nitrogen and oxygen atoms in total. The Morgan fingerprint density at radius 1 is 1.32 bits per heavy atom. The fourth-order valence-corrected chi connectivity index (χ4v) is 2.17. The maximum atomic E-state index is 12.3. The second-order valence-corrected chi connectivity index (χ2v) is 5.38. The number of aromatic hydroxyl groups is 2. The van der Waals surface area contributed by atoms with E-state index in [1.54, 1.807) is 24.3 Å². The Balaban J connectivity index is 2.29. The molecule has 4 N–H and O–H groups in total. The molecule has 2 aromatic rings. The molecule has 0 heterocycles. The molecule has 0 bridgehead atoms. The Labute approximate surface area is 128 Å². The zero-order chi connectivity index (χ0) is 16.3. The maximum absolute atomic E-state index is 12.3. The van der Waals surface area contributed by atoms with Crippen LogP contribution in [0.4, 0.5) is 0 Å². The number of phenolic OH excluding ortho intramolecular Hbond substituents is 2. The minimum atomic E-state index is -0.782. The van der Waals surface area contributed by atoms with Crippen LogP contribution in [-0.4, -0.2) is 48.0 Å². The zero-order valence-electron chi connectivity index (χ0n) is 12.6. The number of carbonyl (C=O) groups is 1. The molecule has 0 fully saturated rings. The van der Waals surface area contributed by atoms with Gasteiger partial charge in [0, 0.05) is 18.4 Å². The molecule has 0 aliphatic rings. The lowest BCUT2D eigenvalue weighted by Crippen LogP contribution is -2.31. The molecule has 6 heteroatoms. The first-order valence-corrected chi connectivity index (χ1v) is 6.95. The minimum absolute atomic E-state index is 0.0732. The number of rotatable bonds is 5. The topological polar surface area (TPSA) is 96.0 Å². The standard InChI is InChI=1S/C16H20N2O4/c1-18(2)8-7-13(17)22-16(21)14-11-6-4-3-5-10(11)9-12(19)15(14)20/h3-6,9,13,19-20H,7-8,17H2,1-2H3. The van der Waals surface area contributed by atoms with Gasteiger partial charge in [0.05, 0.1) is 0 Å². The molecule has 22 heavy (non-hydrogen) atoms. The summed E-state index contributed by atoms with van der Waals surface area (Å²) < 4.78 is 5.17. The highest BCUT2D eigenvalue weighted by Gasteiger charge is 2.22. The third kappa shape index (κ3) is 3.47. The molecule has 0 aromatic heterocycles. The lowest BCUT2D eigenvalue weighted by molar-refractivity contribution is 0.0282. The SMILES string of the molecule is CN(C)CCC(N)OC(=O)c1c(O)c(O)cc2ccccc12. The molecule has 0 saturated heterocycles. The number of nitrogens with zero attached hydrogens (tertiary/aromatic N) is 1. The van der Waals surface area contributed by atoms with Crippen molar-refractivity contribution in [1.82, 2.24) is 4.90 Å². The van der Waals surface area contributed by atoms with Crippen molar-refractivity contribution in [2.45, 2.75) is 12.6 Å². The van der Waals surface area contributed by atoms with Gasteiger partial charge in [-0.15, -0.1) is 0 Å². The number of ether oxygens (including phenoxy) is 1. The van der Waals surface area contributed by atoms with Crippen LogP contribution in [0.1, 0.15) is 16.8 Å². The number of esters is 1. The van der Waals surface area contributed by atoms with Crippen molar-refractivity contribution in [3.63, 3.8) is 0 Å². The molecule has 0 radical (unpaired) electrons. The van der Waals surface area contributed by atoms with Crippen molar-refractivity contribution < 1.29 is 19.7 Å². The highest BCUT2D eigenvalue weighted by molar-refractivity contribution is 6.08. The van der Waals surface area contributed by atoms with Gasteiger partial charge in [0.15, 0.2) is 17.7 Å². The molecule has 0 spiro atoms. The van der Waals surface area contributed by atoms with Crippen molar-refractivity contribution in [2.24, 2.45) is 5.73 Å². The largest absolute Gasteiger partial charge is 0.504 e. The van der Waals surface area contributed by atoms with Crippen molar-refractivity contribution in [3.8, 4) is 11.5 Å². The number of carbonyl (C=O) groups excluding carboxylic acids is 1. The van der Waals surface area contributed by atoms with E-state index < -0.39 is 17.9 Å². The molecular formula is C16H20N2O4. The third-order valence-electron chi connectivity index (χ3n) is 3.33. The molecule has 2 rings (SSSR count). The second-order valence-electron chi connectivity index (χ2n) is 5.38. The van der Waals surface area contributed by atoms with E-state index in [1.165, 1.54) is 6.07 Å². The summed E-state index contributed by atoms with van der Waals surface area (Å²) in [5.74, 6) is -1.62. The second kappa shape index (κ2) is 6.64. The number of hydrogen-bond donors (Lipinski definition) is 3. The Kier molecular flexibility index (Phi) is 4.85. The van der Waals surface area contributed by atoms with E-state index in [2.05, 4.69) is 0 Å². The number of phenols is 2. The molecular weight excluding hydrogens is 284 g/mol. The van der Waals surface area contributed by atoms with Crippen LogP contribution in [0.15, 0.2) is 30.3 Å². The first-order chi connectivity index (χ1) is 10.4. The highest BCUT2D eigenvalue weighted by Crippen LogP contribution is 2.36. The predicted octanol–water partition coefficient (Wildman–Crippen LogP) is 1.64. The average Bonchev–Trinajstić information content (AvgIpc) is 2.46. The summed E-state index contributed by atoms with van der Waals surface area (Å²) in [7, 11) is 3.78. The van der Waals surface area contributed by atoms with Gasteiger partial charge < -0.3 is 19.8 Å². The number of fused-ring (bicyclic) bond motifs is 1. The van der Waals surface area contributed by atoms with Crippen LogP contribution in [0.5, 0.6) is 11.5 Å². The van der Waals surface area contributed by atoms with E-state index in [0.29, 0.717) is 23.7 Å². The first-order valence-electron chi connectivity index (χ1n) is 6.95. The third-order valence-corrected chi connectivity index (χ3v) is 3.33. The van der Waals surface area contributed by atoms with Crippen LogP contribution in [0, 0.1) is 0 Å². The molecule has 0 aliphatic carbocycles.